The first kappa shape index (κ1) is 13.7. The molecule has 19 heavy (non-hydrogen) atoms. The number of aryl methyl sites for hydroxylation is 1. The first-order chi connectivity index (χ1) is 9.22. The molecule has 0 bridgehead atoms. The van der Waals surface area contributed by atoms with Crippen LogP contribution in [0.2, 0.25) is 0 Å². The van der Waals surface area contributed by atoms with Crippen LogP contribution in [0, 0.1) is 0 Å². The van der Waals surface area contributed by atoms with E-state index in [2.05, 4.69) is 59.8 Å². The van der Waals surface area contributed by atoms with Gasteiger partial charge in [0.2, 0.25) is 0 Å². The average molecular weight is 259 g/mol. The maximum atomic E-state index is 4.12. The Bertz CT molecular complexity index is 518. The number of benzene rings is 1. The summed E-state index contributed by atoms with van der Waals surface area (Å²) in [6, 6.07) is 8.71. The van der Waals surface area contributed by atoms with Gasteiger partial charge in [0.25, 0.3) is 0 Å². The predicted molar refractivity (Wildman–Crippen MR) is 75.1 cm³/mol. The van der Waals surface area contributed by atoms with Crippen molar-refractivity contribution in [2.24, 2.45) is 0 Å². The Morgan fingerprint density at radius 3 is 2.79 bits per heavy atom. The van der Waals surface area contributed by atoms with Crippen LogP contribution < -0.4 is 5.32 Å². The Labute approximate surface area is 114 Å². The molecule has 0 fully saturated rings. The largest absolute Gasteiger partial charge is 0.308 e. The second kappa shape index (κ2) is 6.43. The molecule has 0 saturated carbocycles. The summed E-state index contributed by atoms with van der Waals surface area (Å²) in [5.41, 5.74) is 2.36. The van der Waals surface area contributed by atoms with Crippen molar-refractivity contribution in [1.29, 1.82) is 0 Å². The lowest BCUT2D eigenvalue weighted by molar-refractivity contribution is 0.562. The second-order valence-corrected chi connectivity index (χ2v) is 4.92. The normalized spacial score (nSPS) is 11.2. The van der Waals surface area contributed by atoms with Crippen LogP contribution in [-0.2, 0) is 13.0 Å². The minimum Gasteiger partial charge on any atom is -0.308 e. The molecule has 5 nitrogen and oxygen atoms in total. The van der Waals surface area contributed by atoms with Crippen molar-refractivity contribution in [3.05, 3.63) is 35.7 Å². The molecule has 0 aliphatic rings. The van der Waals surface area contributed by atoms with Crippen molar-refractivity contribution < 1.29 is 0 Å². The summed E-state index contributed by atoms with van der Waals surface area (Å²) >= 11 is 0. The standard InChI is InChI=1S/C14H21N5/c1-4-7-12-8-5-6-9-13(12)19-14(16-17-18-19)10-15-11(2)3/h5-6,8-9,11,15H,4,7,10H2,1-3H3. The highest BCUT2D eigenvalue weighted by atomic mass is 15.5. The third-order valence-electron chi connectivity index (χ3n) is 2.94. The maximum Gasteiger partial charge on any atom is 0.170 e. The molecule has 0 aliphatic heterocycles. The molecule has 0 amide bonds. The molecule has 1 N–H and O–H groups in total. The summed E-state index contributed by atoms with van der Waals surface area (Å²) in [5.74, 6) is 0.845. The number of rotatable bonds is 6. The summed E-state index contributed by atoms with van der Waals surface area (Å²) in [7, 11) is 0. The van der Waals surface area contributed by atoms with Crippen molar-refractivity contribution in [3.8, 4) is 5.69 Å². The molecule has 0 aliphatic carbocycles. The average Bonchev–Trinajstić information content (AvgIpc) is 2.85. The summed E-state index contributed by atoms with van der Waals surface area (Å²) in [5, 5.41) is 15.4. The van der Waals surface area contributed by atoms with E-state index in [1.165, 1.54) is 5.56 Å². The highest BCUT2D eigenvalue weighted by Crippen LogP contribution is 2.16. The van der Waals surface area contributed by atoms with Crippen molar-refractivity contribution in [2.75, 3.05) is 0 Å². The fraction of sp³-hybridized carbons (Fsp3) is 0.500. The quantitative estimate of drug-likeness (QED) is 0.863. The number of nitrogens with one attached hydrogen (secondary N) is 1. The Hall–Kier alpha value is -1.75. The van der Waals surface area contributed by atoms with E-state index in [1.807, 2.05) is 10.7 Å². The lowest BCUT2D eigenvalue weighted by Crippen LogP contribution is -2.24. The monoisotopic (exact) mass is 259 g/mol. The molecule has 1 heterocycles. The summed E-state index contributed by atoms with van der Waals surface area (Å²) in [6.07, 6.45) is 2.14. The zero-order valence-electron chi connectivity index (χ0n) is 11.8. The van der Waals surface area contributed by atoms with E-state index in [0.717, 1.165) is 24.4 Å². The van der Waals surface area contributed by atoms with Crippen molar-refractivity contribution in [3.63, 3.8) is 0 Å². The summed E-state index contributed by atoms with van der Waals surface area (Å²) < 4.78 is 1.83. The number of para-hydroxylation sites is 1. The van der Waals surface area contributed by atoms with Gasteiger partial charge >= 0.3 is 0 Å². The molecule has 5 heteroatoms. The van der Waals surface area contributed by atoms with Crippen molar-refractivity contribution in [1.82, 2.24) is 25.5 Å². The van der Waals surface area contributed by atoms with Gasteiger partial charge in [0.15, 0.2) is 5.82 Å². The molecule has 102 valence electrons. The van der Waals surface area contributed by atoms with Crippen LogP contribution in [0.15, 0.2) is 24.3 Å². The van der Waals surface area contributed by atoms with Gasteiger partial charge in [-0.25, -0.2) is 0 Å². The van der Waals surface area contributed by atoms with Crippen LogP contribution in [-0.4, -0.2) is 26.2 Å². The SMILES string of the molecule is CCCc1ccccc1-n1nnnc1CNC(C)C. The van der Waals surface area contributed by atoms with E-state index < -0.39 is 0 Å². The van der Waals surface area contributed by atoms with Gasteiger partial charge in [0, 0.05) is 6.04 Å². The smallest absolute Gasteiger partial charge is 0.170 e. The Morgan fingerprint density at radius 2 is 2.05 bits per heavy atom. The first-order valence-electron chi connectivity index (χ1n) is 6.81. The lowest BCUT2D eigenvalue weighted by Gasteiger charge is -2.11. The van der Waals surface area contributed by atoms with E-state index >= 15 is 0 Å². The van der Waals surface area contributed by atoms with E-state index in [-0.39, 0.29) is 0 Å². The van der Waals surface area contributed by atoms with E-state index in [1.54, 1.807) is 0 Å². The lowest BCUT2D eigenvalue weighted by atomic mass is 10.1. The van der Waals surface area contributed by atoms with Crippen LogP contribution >= 0.6 is 0 Å². The van der Waals surface area contributed by atoms with Crippen LogP contribution in [0.4, 0.5) is 0 Å². The second-order valence-electron chi connectivity index (χ2n) is 4.92. The third kappa shape index (κ3) is 3.38. The van der Waals surface area contributed by atoms with Crippen molar-refractivity contribution in [2.45, 2.75) is 46.2 Å². The molecule has 1 aromatic heterocycles. The fourth-order valence-electron chi connectivity index (χ4n) is 2.00. The Balaban J connectivity index is 2.29. The zero-order valence-corrected chi connectivity index (χ0v) is 11.8. The first-order valence-corrected chi connectivity index (χ1v) is 6.81. The summed E-state index contributed by atoms with van der Waals surface area (Å²) in [4.78, 5) is 0. The number of aromatic nitrogens is 4. The molecular formula is C14H21N5. The number of hydrogen-bond donors (Lipinski definition) is 1. The van der Waals surface area contributed by atoms with E-state index in [0.29, 0.717) is 12.6 Å². The molecule has 0 saturated heterocycles. The molecule has 1 aromatic carbocycles. The van der Waals surface area contributed by atoms with Gasteiger partial charge in [0.1, 0.15) is 0 Å². The van der Waals surface area contributed by atoms with Crippen molar-refractivity contribution >= 4 is 0 Å². The number of hydrogen-bond acceptors (Lipinski definition) is 4. The Kier molecular flexibility index (Phi) is 4.63. The van der Waals surface area contributed by atoms with Gasteiger partial charge < -0.3 is 5.32 Å². The third-order valence-corrected chi connectivity index (χ3v) is 2.94. The van der Waals surface area contributed by atoms with Gasteiger partial charge in [-0.15, -0.1) is 5.10 Å². The molecule has 2 rings (SSSR count). The molecule has 0 unspecified atom stereocenters. The van der Waals surface area contributed by atoms with Gasteiger partial charge in [-0.2, -0.15) is 4.68 Å². The number of nitrogens with zero attached hydrogens (tertiary/aromatic N) is 4. The van der Waals surface area contributed by atoms with Gasteiger partial charge in [-0.1, -0.05) is 45.4 Å². The fourth-order valence-corrected chi connectivity index (χ4v) is 2.00. The summed E-state index contributed by atoms with van der Waals surface area (Å²) in [6.45, 7) is 7.07. The predicted octanol–water partition coefficient (Wildman–Crippen LogP) is 2.11. The zero-order chi connectivity index (χ0) is 13.7. The highest BCUT2D eigenvalue weighted by Gasteiger charge is 2.11. The molecule has 0 atom stereocenters. The number of tetrazole rings is 1. The topological polar surface area (TPSA) is 55.6 Å². The minimum absolute atomic E-state index is 0.413. The van der Waals surface area contributed by atoms with E-state index in [9.17, 15) is 0 Å². The molecule has 0 spiro atoms. The highest BCUT2D eigenvalue weighted by molar-refractivity contribution is 5.40. The van der Waals surface area contributed by atoms with Crippen LogP contribution in [0.25, 0.3) is 5.69 Å². The molecule has 2 aromatic rings. The molecular weight excluding hydrogens is 238 g/mol. The van der Waals surface area contributed by atoms with Crippen LogP contribution in [0.3, 0.4) is 0 Å². The molecule has 0 radical (unpaired) electrons. The Morgan fingerprint density at radius 1 is 1.26 bits per heavy atom. The maximum absolute atomic E-state index is 4.12. The van der Waals surface area contributed by atoms with E-state index in [4.69, 9.17) is 0 Å². The minimum atomic E-state index is 0.413. The van der Waals surface area contributed by atoms with Crippen LogP contribution in [0.5, 0.6) is 0 Å². The van der Waals surface area contributed by atoms with Gasteiger partial charge in [-0.05, 0) is 28.5 Å². The van der Waals surface area contributed by atoms with Gasteiger partial charge in [-0.3, -0.25) is 0 Å². The van der Waals surface area contributed by atoms with Gasteiger partial charge in [0.05, 0.1) is 12.2 Å². The van der Waals surface area contributed by atoms with Crippen LogP contribution in [0.1, 0.15) is 38.6 Å².